The topological polar surface area (TPSA) is 62.6 Å². The molecule has 0 aromatic heterocycles. The summed E-state index contributed by atoms with van der Waals surface area (Å²) >= 11 is 0. The van der Waals surface area contributed by atoms with E-state index in [1.54, 1.807) is 48.4 Å². The highest BCUT2D eigenvalue weighted by Crippen LogP contribution is 2.29. The molecule has 0 bridgehead atoms. The molecule has 5 nitrogen and oxygen atoms in total. The minimum absolute atomic E-state index is 0.0743. The van der Waals surface area contributed by atoms with E-state index in [0.29, 0.717) is 42.3 Å². The number of hydrogen-bond acceptors (Lipinski definition) is 4. The van der Waals surface area contributed by atoms with E-state index < -0.39 is 0 Å². The smallest absolute Gasteiger partial charge is 0.254 e. The molecule has 140 valence electrons. The van der Waals surface area contributed by atoms with Gasteiger partial charge < -0.3 is 14.4 Å². The summed E-state index contributed by atoms with van der Waals surface area (Å²) in [7, 11) is 1.55. The van der Waals surface area contributed by atoms with Crippen molar-refractivity contribution in [3.63, 3.8) is 0 Å². The molecule has 0 aliphatic rings. The number of hydrogen-bond donors (Lipinski definition) is 0. The Morgan fingerprint density at radius 3 is 2.56 bits per heavy atom. The minimum Gasteiger partial charge on any atom is -0.493 e. The first kappa shape index (κ1) is 20.1. The van der Waals surface area contributed by atoms with Gasteiger partial charge in [0.05, 0.1) is 18.7 Å². The molecule has 2 aromatic rings. The van der Waals surface area contributed by atoms with Gasteiger partial charge in [-0.2, -0.15) is 5.26 Å². The van der Waals surface area contributed by atoms with Crippen LogP contribution in [0.15, 0.2) is 55.1 Å². The number of amides is 1. The maximum atomic E-state index is 13.0. The third-order valence-electron chi connectivity index (χ3n) is 4.00. The predicted molar refractivity (Wildman–Crippen MR) is 105 cm³/mol. The molecule has 0 aliphatic carbocycles. The summed E-state index contributed by atoms with van der Waals surface area (Å²) in [6.07, 6.45) is 2.50. The first-order valence-corrected chi connectivity index (χ1v) is 8.83. The highest BCUT2D eigenvalue weighted by atomic mass is 16.5. The molecule has 0 aliphatic heterocycles. The number of methoxy groups -OCH3 is 1. The van der Waals surface area contributed by atoms with E-state index in [2.05, 4.69) is 12.6 Å². The molecule has 0 radical (unpaired) electrons. The first-order valence-electron chi connectivity index (χ1n) is 8.83. The Labute approximate surface area is 160 Å². The Morgan fingerprint density at radius 2 is 1.96 bits per heavy atom. The molecule has 0 heterocycles. The molecule has 0 atom stereocenters. The maximum absolute atomic E-state index is 13.0. The van der Waals surface area contributed by atoms with Gasteiger partial charge in [-0.3, -0.25) is 4.79 Å². The Balaban J connectivity index is 2.21. The predicted octanol–water partition coefficient (Wildman–Crippen LogP) is 4.18. The molecule has 0 N–H and O–H groups in total. The Kier molecular flexibility index (Phi) is 7.45. The monoisotopic (exact) mass is 364 g/mol. The van der Waals surface area contributed by atoms with Crippen LogP contribution >= 0.6 is 0 Å². The lowest BCUT2D eigenvalue weighted by molar-refractivity contribution is 0.0742. The lowest BCUT2D eigenvalue weighted by atomic mass is 10.1. The molecule has 0 spiro atoms. The number of ether oxygens (including phenoxy) is 2. The molecule has 2 rings (SSSR count). The van der Waals surface area contributed by atoms with E-state index in [0.717, 1.165) is 12.0 Å². The van der Waals surface area contributed by atoms with Crippen molar-refractivity contribution in [2.45, 2.75) is 19.9 Å². The van der Waals surface area contributed by atoms with Gasteiger partial charge in [-0.1, -0.05) is 31.7 Å². The molecular weight excluding hydrogens is 340 g/mol. The second-order valence-electron chi connectivity index (χ2n) is 6.00. The van der Waals surface area contributed by atoms with Crippen molar-refractivity contribution >= 4 is 5.91 Å². The van der Waals surface area contributed by atoms with E-state index in [9.17, 15) is 4.79 Å². The average Bonchev–Trinajstić information content (AvgIpc) is 2.71. The van der Waals surface area contributed by atoms with Crippen LogP contribution in [0.2, 0.25) is 0 Å². The van der Waals surface area contributed by atoms with Crippen LogP contribution in [-0.2, 0) is 6.54 Å². The quantitative estimate of drug-likeness (QED) is 0.626. The fourth-order valence-electron chi connectivity index (χ4n) is 2.68. The van der Waals surface area contributed by atoms with Crippen LogP contribution in [-0.4, -0.2) is 31.1 Å². The van der Waals surface area contributed by atoms with Crippen molar-refractivity contribution in [3.05, 3.63) is 71.8 Å². The second-order valence-corrected chi connectivity index (χ2v) is 6.00. The molecule has 27 heavy (non-hydrogen) atoms. The second kappa shape index (κ2) is 10.0. The fourth-order valence-corrected chi connectivity index (χ4v) is 2.68. The van der Waals surface area contributed by atoms with Crippen LogP contribution in [0.1, 0.15) is 34.8 Å². The first-order chi connectivity index (χ1) is 13.1. The number of carbonyl (C=O) groups is 1. The third-order valence-corrected chi connectivity index (χ3v) is 4.00. The van der Waals surface area contributed by atoms with Gasteiger partial charge in [0.2, 0.25) is 0 Å². The van der Waals surface area contributed by atoms with Gasteiger partial charge in [0.15, 0.2) is 11.5 Å². The molecular formula is C22H24N2O3. The maximum Gasteiger partial charge on any atom is 0.254 e. The highest BCUT2D eigenvalue weighted by Gasteiger charge is 2.18. The Hall–Kier alpha value is -3.26. The SMILES string of the molecule is C=CCOc1ccc(C(=O)N(CCC)Cc2ccc(C#N)cc2)cc1OC. The number of carbonyl (C=O) groups excluding carboxylic acids is 1. The van der Waals surface area contributed by atoms with E-state index in [-0.39, 0.29) is 5.91 Å². The molecule has 0 saturated carbocycles. The number of rotatable bonds is 9. The van der Waals surface area contributed by atoms with E-state index in [1.807, 2.05) is 19.1 Å². The number of nitrogens with zero attached hydrogens (tertiary/aromatic N) is 2. The van der Waals surface area contributed by atoms with Gasteiger partial charge in [-0.05, 0) is 42.3 Å². The van der Waals surface area contributed by atoms with Gasteiger partial charge in [-0.15, -0.1) is 0 Å². The van der Waals surface area contributed by atoms with Crippen molar-refractivity contribution in [2.75, 3.05) is 20.3 Å². The normalized spacial score (nSPS) is 9.96. The molecule has 1 amide bonds. The summed E-state index contributed by atoms with van der Waals surface area (Å²) in [5.74, 6) is 1.01. The minimum atomic E-state index is -0.0743. The van der Waals surface area contributed by atoms with Gasteiger partial charge in [0.1, 0.15) is 6.61 Å². The van der Waals surface area contributed by atoms with Gasteiger partial charge in [-0.25, -0.2) is 0 Å². The van der Waals surface area contributed by atoms with Crippen molar-refractivity contribution in [1.29, 1.82) is 5.26 Å². The van der Waals surface area contributed by atoms with E-state index in [4.69, 9.17) is 14.7 Å². The van der Waals surface area contributed by atoms with E-state index in [1.165, 1.54) is 0 Å². The Bertz CT molecular complexity index is 822. The third kappa shape index (κ3) is 5.35. The fraction of sp³-hybridized carbons (Fsp3) is 0.273. The average molecular weight is 364 g/mol. The van der Waals surface area contributed by atoms with Crippen molar-refractivity contribution in [2.24, 2.45) is 0 Å². The summed E-state index contributed by atoms with van der Waals surface area (Å²) in [5.41, 5.74) is 2.13. The number of nitriles is 1. The molecule has 2 aromatic carbocycles. The summed E-state index contributed by atoms with van der Waals surface area (Å²) in [6, 6.07) is 14.6. The van der Waals surface area contributed by atoms with Crippen molar-refractivity contribution < 1.29 is 14.3 Å². The Morgan fingerprint density at radius 1 is 1.22 bits per heavy atom. The zero-order valence-electron chi connectivity index (χ0n) is 15.8. The van der Waals surface area contributed by atoms with Crippen LogP contribution in [0.5, 0.6) is 11.5 Å². The molecule has 5 heteroatoms. The molecule has 0 saturated heterocycles. The molecule has 0 fully saturated rings. The summed E-state index contributed by atoms with van der Waals surface area (Å²) in [6.45, 7) is 7.14. The summed E-state index contributed by atoms with van der Waals surface area (Å²) < 4.78 is 10.9. The highest BCUT2D eigenvalue weighted by molar-refractivity contribution is 5.95. The number of benzene rings is 2. The largest absolute Gasteiger partial charge is 0.493 e. The van der Waals surface area contributed by atoms with Crippen molar-refractivity contribution in [3.8, 4) is 17.6 Å². The van der Waals surface area contributed by atoms with Gasteiger partial charge in [0, 0.05) is 18.7 Å². The summed E-state index contributed by atoms with van der Waals surface area (Å²) in [5, 5.41) is 8.92. The van der Waals surface area contributed by atoms with E-state index >= 15 is 0 Å². The van der Waals surface area contributed by atoms with Gasteiger partial charge >= 0.3 is 0 Å². The van der Waals surface area contributed by atoms with Crippen molar-refractivity contribution in [1.82, 2.24) is 4.90 Å². The lowest BCUT2D eigenvalue weighted by Gasteiger charge is -2.23. The van der Waals surface area contributed by atoms with Crippen LogP contribution in [0.3, 0.4) is 0 Å². The lowest BCUT2D eigenvalue weighted by Crippen LogP contribution is -2.31. The van der Waals surface area contributed by atoms with Crippen LogP contribution < -0.4 is 9.47 Å². The van der Waals surface area contributed by atoms with Gasteiger partial charge in [0.25, 0.3) is 5.91 Å². The zero-order chi connectivity index (χ0) is 19.6. The van der Waals surface area contributed by atoms with Crippen LogP contribution in [0.4, 0.5) is 0 Å². The standard InChI is InChI=1S/C22H24N2O3/c1-4-12-24(16-18-8-6-17(15-23)7-9-18)22(25)19-10-11-20(27-13-5-2)21(14-19)26-3/h5-11,14H,2,4,12-13,16H2,1,3H3. The summed E-state index contributed by atoms with van der Waals surface area (Å²) in [4.78, 5) is 14.8. The zero-order valence-corrected chi connectivity index (χ0v) is 15.8. The van der Waals surface area contributed by atoms with Crippen LogP contribution in [0.25, 0.3) is 0 Å². The van der Waals surface area contributed by atoms with Crippen LogP contribution in [0, 0.1) is 11.3 Å². The molecule has 0 unspecified atom stereocenters.